The number of benzene rings is 1. The zero-order valence-electron chi connectivity index (χ0n) is 22.2. The molecule has 34 heavy (non-hydrogen) atoms. The van der Waals surface area contributed by atoms with Gasteiger partial charge in [-0.15, -0.1) is 6.42 Å². The summed E-state index contributed by atoms with van der Waals surface area (Å²) in [5.41, 5.74) is 1.06. The number of hydrogen-bond acceptors (Lipinski definition) is 4. The first-order chi connectivity index (χ1) is 15.5. The van der Waals surface area contributed by atoms with Crippen molar-refractivity contribution >= 4 is 20.1 Å². The van der Waals surface area contributed by atoms with Crippen LogP contribution in [0.1, 0.15) is 72.1 Å². The molecule has 7 heteroatoms. The third-order valence-corrected chi connectivity index (χ3v) is 11.6. The maximum Gasteiger partial charge on any atom is 0.252 e. The second-order valence-corrected chi connectivity index (χ2v) is 16.8. The van der Waals surface area contributed by atoms with Crippen molar-refractivity contribution in [1.29, 1.82) is 0 Å². The molecule has 0 bridgehead atoms. The number of likely N-dealkylation sites (tertiary alicyclic amines) is 1. The smallest absolute Gasteiger partial charge is 0.252 e. The van der Waals surface area contributed by atoms with Crippen molar-refractivity contribution in [2.24, 2.45) is 5.41 Å². The van der Waals surface area contributed by atoms with E-state index in [2.05, 4.69) is 45.1 Å². The number of nitrogens with zero attached hydrogens (tertiary/aromatic N) is 1. The van der Waals surface area contributed by atoms with Crippen LogP contribution in [0, 0.1) is 17.8 Å². The van der Waals surface area contributed by atoms with Gasteiger partial charge in [-0.2, -0.15) is 0 Å². The molecule has 1 aliphatic rings. The molecule has 1 fully saturated rings. The van der Waals surface area contributed by atoms with E-state index in [0.717, 1.165) is 11.1 Å². The van der Waals surface area contributed by atoms with Crippen molar-refractivity contribution in [1.82, 2.24) is 10.2 Å². The van der Waals surface area contributed by atoms with Crippen LogP contribution < -0.4 is 5.32 Å². The number of aliphatic hydroxyl groups is 1. The molecule has 1 unspecified atom stereocenters. The summed E-state index contributed by atoms with van der Waals surface area (Å²) in [5, 5.41) is 13.7. The number of aliphatic hydroxyl groups excluding tert-OH is 1. The molecule has 2 N–H and O–H groups in total. The SMILES string of the molecule is C#Cc1ccc([C@H](C)NC(=O)[C@@H]2CC(O[Si](C)(C)C(C)(C)C)CN2C(=O)[C@@H](O)C(C)(C)C)cc1. The summed E-state index contributed by atoms with van der Waals surface area (Å²) in [7, 11) is -2.10. The van der Waals surface area contributed by atoms with Gasteiger partial charge in [-0.3, -0.25) is 9.59 Å². The molecule has 1 heterocycles. The molecule has 4 atom stereocenters. The Labute approximate surface area is 206 Å². The van der Waals surface area contributed by atoms with Gasteiger partial charge in [0.05, 0.1) is 12.1 Å². The summed E-state index contributed by atoms with van der Waals surface area (Å²) >= 11 is 0. The Morgan fingerprint density at radius 3 is 2.21 bits per heavy atom. The van der Waals surface area contributed by atoms with Gasteiger partial charge in [-0.05, 0) is 48.2 Å². The van der Waals surface area contributed by atoms with E-state index >= 15 is 0 Å². The highest BCUT2D eigenvalue weighted by atomic mass is 28.4. The monoisotopic (exact) mass is 486 g/mol. The van der Waals surface area contributed by atoms with E-state index < -0.39 is 31.8 Å². The van der Waals surface area contributed by atoms with Crippen molar-refractivity contribution in [2.75, 3.05) is 6.54 Å². The number of rotatable bonds is 6. The van der Waals surface area contributed by atoms with Crippen LogP contribution in [0.15, 0.2) is 24.3 Å². The summed E-state index contributed by atoms with van der Waals surface area (Å²) in [6.45, 7) is 18.5. The molecule has 0 aromatic heterocycles. The zero-order valence-corrected chi connectivity index (χ0v) is 23.2. The Bertz CT molecular complexity index is 922. The number of hydrogen-bond donors (Lipinski definition) is 2. The lowest BCUT2D eigenvalue weighted by atomic mass is 9.88. The lowest BCUT2D eigenvalue weighted by Gasteiger charge is -2.38. The lowest BCUT2D eigenvalue weighted by Crippen LogP contribution is -2.52. The van der Waals surface area contributed by atoms with E-state index in [9.17, 15) is 14.7 Å². The van der Waals surface area contributed by atoms with E-state index in [0.29, 0.717) is 13.0 Å². The predicted molar refractivity (Wildman–Crippen MR) is 139 cm³/mol. The van der Waals surface area contributed by atoms with E-state index in [1.807, 2.05) is 52.0 Å². The van der Waals surface area contributed by atoms with Gasteiger partial charge in [0.25, 0.3) is 5.91 Å². The summed E-state index contributed by atoms with van der Waals surface area (Å²) in [6.07, 6.45) is 4.38. The largest absolute Gasteiger partial charge is 0.412 e. The van der Waals surface area contributed by atoms with Crippen LogP contribution in [-0.2, 0) is 14.0 Å². The van der Waals surface area contributed by atoms with E-state index in [1.54, 1.807) is 0 Å². The third-order valence-electron chi connectivity index (χ3n) is 7.11. The molecular formula is C27H42N2O4Si. The van der Waals surface area contributed by atoms with Gasteiger partial charge in [0.1, 0.15) is 12.1 Å². The summed E-state index contributed by atoms with van der Waals surface area (Å²) in [6, 6.07) is 6.50. The van der Waals surface area contributed by atoms with Crippen molar-refractivity contribution in [2.45, 2.75) is 97.3 Å². The van der Waals surface area contributed by atoms with Gasteiger partial charge in [0.2, 0.25) is 5.91 Å². The normalized spacial score (nSPS) is 21.0. The Morgan fingerprint density at radius 2 is 1.74 bits per heavy atom. The molecule has 6 nitrogen and oxygen atoms in total. The van der Waals surface area contributed by atoms with Crippen molar-refractivity contribution < 1.29 is 19.1 Å². The topological polar surface area (TPSA) is 78.9 Å². The molecule has 1 aromatic carbocycles. The van der Waals surface area contributed by atoms with Crippen LogP contribution in [0.4, 0.5) is 0 Å². The molecule has 2 amide bonds. The predicted octanol–water partition coefficient (Wildman–Crippen LogP) is 4.24. The Balaban J connectivity index is 2.25. The van der Waals surface area contributed by atoms with Crippen LogP contribution in [0.3, 0.4) is 0 Å². The van der Waals surface area contributed by atoms with E-state index in [1.165, 1.54) is 4.90 Å². The van der Waals surface area contributed by atoms with Crippen molar-refractivity contribution in [3.05, 3.63) is 35.4 Å². The van der Waals surface area contributed by atoms with E-state index in [-0.39, 0.29) is 23.1 Å². The number of terminal acetylenes is 1. The van der Waals surface area contributed by atoms with Crippen LogP contribution in [0.25, 0.3) is 0 Å². The minimum Gasteiger partial charge on any atom is -0.412 e. The first-order valence-electron chi connectivity index (χ1n) is 12.0. The van der Waals surface area contributed by atoms with Crippen LogP contribution >= 0.6 is 0 Å². The van der Waals surface area contributed by atoms with Gasteiger partial charge >= 0.3 is 0 Å². The fourth-order valence-corrected chi connectivity index (χ4v) is 5.11. The molecule has 0 spiro atoms. The number of carbonyl (C=O) groups is 2. The molecule has 2 rings (SSSR count). The minimum atomic E-state index is -2.10. The van der Waals surface area contributed by atoms with Crippen LogP contribution in [-0.4, -0.2) is 54.9 Å². The zero-order chi connectivity index (χ0) is 26.1. The minimum absolute atomic E-state index is 0.00612. The van der Waals surface area contributed by atoms with Crippen LogP contribution in [0.5, 0.6) is 0 Å². The van der Waals surface area contributed by atoms with Crippen LogP contribution in [0.2, 0.25) is 18.1 Å². The molecule has 1 saturated heterocycles. The molecule has 0 radical (unpaired) electrons. The quantitative estimate of drug-likeness (QED) is 0.466. The van der Waals surface area contributed by atoms with Gasteiger partial charge < -0.3 is 19.7 Å². The van der Waals surface area contributed by atoms with Crippen molar-refractivity contribution in [3.63, 3.8) is 0 Å². The van der Waals surface area contributed by atoms with E-state index in [4.69, 9.17) is 10.8 Å². The average Bonchev–Trinajstić information content (AvgIpc) is 3.14. The number of nitrogens with one attached hydrogen (secondary N) is 1. The Morgan fingerprint density at radius 1 is 1.18 bits per heavy atom. The fourth-order valence-electron chi connectivity index (χ4n) is 3.76. The Hall–Kier alpha value is -2.14. The highest BCUT2D eigenvalue weighted by molar-refractivity contribution is 6.74. The van der Waals surface area contributed by atoms with Gasteiger partial charge in [0.15, 0.2) is 8.32 Å². The highest BCUT2D eigenvalue weighted by Crippen LogP contribution is 2.39. The summed E-state index contributed by atoms with van der Waals surface area (Å²) < 4.78 is 6.57. The second-order valence-electron chi connectivity index (χ2n) is 12.0. The lowest BCUT2D eigenvalue weighted by molar-refractivity contribution is -0.150. The molecule has 1 aromatic rings. The van der Waals surface area contributed by atoms with Gasteiger partial charge in [0, 0.05) is 18.5 Å². The second kappa shape index (κ2) is 10.2. The first-order valence-corrected chi connectivity index (χ1v) is 14.9. The third kappa shape index (κ3) is 6.50. The van der Waals surface area contributed by atoms with Gasteiger partial charge in [-0.25, -0.2) is 0 Å². The average molecular weight is 487 g/mol. The standard InChI is InChI=1S/C27H42N2O4Si/c1-11-19-12-14-20(15-13-19)18(2)28-24(31)22-16-21(33-34(9,10)27(6,7)8)17-29(22)25(32)23(30)26(3,4)5/h1,12-15,18,21-23,30H,16-17H2,2-10H3,(H,28,31)/t18-,21?,22-,23+/m0/s1. The molecular weight excluding hydrogens is 444 g/mol. The molecule has 188 valence electrons. The van der Waals surface area contributed by atoms with Gasteiger partial charge in [-0.1, -0.05) is 59.6 Å². The first kappa shape index (κ1) is 28.1. The number of carbonyl (C=O) groups excluding carboxylic acids is 2. The summed E-state index contributed by atoms with van der Waals surface area (Å²) in [5.74, 6) is 1.91. The summed E-state index contributed by atoms with van der Waals surface area (Å²) in [4.78, 5) is 28.2. The number of amides is 2. The maximum absolute atomic E-state index is 13.4. The van der Waals surface area contributed by atoms with Crippen molar-refractivity contribution in [3.8, 4) is 12.3 Å². The molecule has 0 saturated carbocycles. The highest BCUT2D eigenvalue weighted by Gasteiger charge is 2.47. The maximum atomic E-state index is 13.4. The molecule has 1 aliphatic heterocycles. The Kier molecular flexibility index (Phi) is 8.45. The molecule has 0 aliphatic carbocycles. The fraction of sp³-hybridized carbons (Fsp3) is 0.630.